The number of allylic oxidation sites excluding steroid dienone is 5. The van der Waals surface area contributed by atoms with Gasteiger partial charge < -0.3 is 0 Å². The van der Waals surface area contributed by atoms with E-state index < -0.39 is 0 Å². The Labute approximate surface area is 103 Å². The molecular weight excluding hydrogens is 206 g/mol. The summed E-state index contributed by atoms with van der Waals surface area (Å²) < 4.78 is 0. The fourth-order valence-corrected chi connectivity index (χ4v) is 1.79. The number of nitrogens with zero attached hydrogens (tertiary/aromatic N) is 1. The summed E-state index contributed by atoms with van der Waals surface area (Å²) in [5.74, 6) is 0. The maximum Gasteiger partial charge on any atom is 0.0703 e. The molecule has 0 heterocycles. The molecule has 1 aromatic rings. The lowest BCUT2D eigenvalue weighted by Crippen LogP contribution is -2.00. The predicted molar refractivity (Wildman–Crippen MR) is 75.0 cm³/mol. The molecule has 1 aliphatic rings. The van der Waals surface area contributed by atoms with Crippen molar-refractivity contribution in [2.45, 2.75) is 20.8 Å². The van der Waals surface area contributed by atoms with Gasteiger partial charge in [0.15, 0.2) is 0 Å². The van der Waals surface area contributed by atoms with E-state index in [2.05, 4.69) is 62.7 Å². The Morgan fingerprint density at radius 2 is 1.82 bits per heavy atom. The first-order valence-electron chi connectivity index (χ1n) is 5.78. The number of hydrogen-bond donors (Lipinski definition) is 0. The molecule has 0 unspecified atom stereocenters. The predicted octanol–water partition coefficient (Wildman–Crippen LogP) is 4.45. The standard InChI is InChI=1S/C16H17N/c1-11-6-8-15(14(4)9-11)17-16-10-12(2)5-7-13(16)3/h5-10H,4H2,1-3H3. The molecule has 0 spiro atoms. The first kappa shape index (κ1) is 11.6. The average Bonchev–Trinajstić information content (AvgIpc) is 2.27. The van der Waals surface area contributed by atoms with Gasteiger partial charge in [0.2, 0.25) is 0 Å². The summed E-state index contributed by atoms with van der Waals surface area (Å²) in [6.07, 6.45) is 6.15. The maximum atomic E-state index is 4.68. The van der Waals surface area contributed by atoms with Gasteiger partial charge in [-0.25, -0.2) is 4.99 Å². The van der Waals surface area contributed by atoms with E-state index >= 15 is 0 Å². The van der Waals surface area contributed by atoms with Crippen LogP contribution in [0.2, 0.25) is 0 Å². The Morgan fingerprint density at radius 1 is 1.06 bits per heavy atom. The van der Waals surface area contributed by atoms with Gasteiger partial charge in [-0.2, -0.15) is 0 Å². The fraction of sp³-hybridized carbons (Fsp3) is 0.188. The van der Waals surface area contributed by atoms with Crippen LogP contribution in [0.1, 0.15) is 18.1 Å². The van der Waals surface area contributed by atoms with Gasteiger partial charge in [-0.1, -0.05) is 36.4 Å². The number of benzene rings is 1. The normalized spacial score (nSPS) is 17.5. The zero-order valence-corrected chi connectivity index (χ0v) is 10.6. The summed E-state index contributed by atoms with van der Waals surface area (Å²) in [5.41, 5.74) is 6.59. The Balaban J connectivity index is 2.41. The topological polar surface area (TPSA) is 12.4 Å². The van der Waals surface area contributed by atoms with Crippen molar-refractivity contribution in [3.8, 4) is 0 Å². The minimum Gasteiger partial charge on any atom is -0.248 e. The van der Waals surface area contributed by atoms with Crippen LogP contribution in [0.25, 0.3) is 0 Å². The summed E-state index contributed by atoms with van der Waals surface area (Å²) >= 11 is 0. The maximum absolute atomic E-state index is 4.68. The molecule has 0 N–H and O–H groups in total. The van der Waals surface area contributed by atoms with Crippen LogP contribution in [0.3, 0.4) is 0 Å². The molecule has 0 atom stereocenters. The van der Waals surface area contributed by atoms with E-state index in [1.807, 2.05) is 6.08 Å². The number of aliphatic imine (C=N–C) groups is 1. The minimum atomic E-state index is 0.948. The Bertz CT molecular complexity index is 557. The second-order valence-electron chi connectivity index (χ2n) is 4.53. The first-order valence-corrected chi connectivity index (χ1v) is 5.78. The second kappa shape index (κ2) is 4.54. The van der Waals surface area contributed by atoms with Crippen LogP contribution in [0.5, 0.6) is 0 Å². The molecule has 86 valence electrons. The second-order valence-corrected chi connectivity index (χ2v) is 4.53. The molecule has 1 nitrogen and oxygen atoms in total. The number of hydrogen-bond acceptors (Lipinski definition) is 1. The summed E-state index contributed by atoms with van der Waals surface area (Å²) in [5, 5.41) is 0. The van der Waals surface area contributed by atoms with Crippen molar-refractivity contribution in [2.24, 2.45) is 4.99 Å². The Hall–Kier alpha value is -1.89. The van der Waals surface area contributed by atoms with Crippen molar-refractivity contribution in [1.82, 2.24) is 0 Å². The molecule has 0 saturated heterocycles. The summed E-state index contributed by atoms with van der Waals surface area (Å²) in [6.45, 7) is 10.3. The average molecular weight is 223 g/mol. The lowest BCUT2D eigenvalue weighted by molar-refractivity contribution is 1.34. The van der Waals surface area contributed by atoms with Crippen molar-refractivity contribution in [3.05, 3.63) is 65.3 Å². The quantitative estimate of drug-likeness (QED) is 0.667. The molecule has 1 aliphatic carbocycles. The minimum absolute atomic E-state index is 0.948. The fourth-order valence-electron chi connectivity index (χ4n) is 1.79. The van der Waals surface area contributed by atoms with Gasteiger partial charge in [-0.15, -0.1) is 0 Å². The SMILES string of the molecule is C=C1C=C(C)C=CC1=Nc1cc(C)ccc1C. The van der Waals surface area contributed by atoms with E-state index in [1.165, 1.54) is 16.7 Å². The van der Waals surface area contributed by atoms with E-state index in [9.17, 15) is 0 Å². The lowest BCUT2D eigenvalue weighted by atomic mass is 10.0. The largest absolute Gasteiger partial charge is 0.248 e. The van der Waals surface area contributed by atoms with Gasteiger partial charge in [0.1, 0.15) is 0 Å². The third-order valence-electron chi connectivity index (χ3n) is 2.84. The Morgan fingerprint density at radius 3 is 2.53 bits per heavy atom. The van der Waals surface area contributed by atoms with Gasteiger partial charge in [0, 0.05) is 0 Å². The van der Waals surface area contributed by atoms with Crippen LogP contribution in [0.4, 0.5) is 5.69 Å². The van der Waals surface area contributed by atoms with Gasteiger partial charge >= 0.3 is 0 Å². The van der Waals surface area contributed by atoms with E-state index in [-0.39, 0.29) is 0 Å². The molecular formula is C16H17N. The molecule has 0 aromatic heterocycles. The van der Waals surface area contributed by atoms with Gasteiger partial charge in [-0.3, -0.25) is 0 Å². The third kappa shape index (κ3) is 2.62. The van der Waals surface area contributed by atoms with Crippen LogP contribution >= 0.6 is 0 Å². The van der Waals surface area contributed by atoms with Crippen molar-refractivity contribution < 1.29 is 0 Å². The van der Waals surface area contributed by atoms with E-state index in [0.29, 0.717) is 0 Å². The van der Waals surface area contributed by atoms with Crippen molar-refractivity contribution in [2.75, 3.05) is 0 Å². The van der Waals surface area contributed by atoms with Gasteiger partial charge in [0.25, 0.3) is 0 Å². The lowest BCUT2D eigenvalue weighted by Gasteiger charge is -2.09. The molecule has 2 rings (SSSR count). The van der Waals surface area contributed by atoms with Crippen LogP contribution in [0.15, 0.2) is 59.1 Å². The van der Waals surface area contributed by atoms with Crippen LogP contribution in [0, 0.1) is 13.8 Å². The van der Waals surface area contributed by atoms with Crippen LogP contribution in [-0.2, 0) is 0 Å². The number of rotatable bonds is 1. The molecule has 1 heteroatoms. The molecule has 0 aliphatic heterocycles. The molecule has 0 radical (unpaired) electrons. The summed E-state index contributed by atoms with van der Waals surface area (Å²) in [7, 11) is 0. The van der Waals surface area contributed by atoms with E-state index in [1.54, 1.807) is 0 Å². The molecule has 0 amide bonds. The molecule has 0 saturated carbocycles. The van der Waals surface area contributed by atoms with Crippen LogP contribution in [-0.4, -0.2) is 5.71 Å². The highest BCUT2D eigenvalue weighted by Gasteiger charge is 2.05. The van der Waals surface area contributed by atoms with Crippen molar-refractivity contribution in [1.29, 1.82) is 0 Å². The molecule has 1 aromatic carbocycles. The van der Waals surface area contributed by atoms with Gasteiger partial charge in [0.05, 0.1) is 11.4 Å². The highest BCUT2D eigenvalue weighted by Crippen LogP contribution is 2.22. The van der Waals surface area contributed by atoms with Crippen molar-refractivity contribution >= 4 is 11.4 Å². The Kier molecular flexibility index (Phi) is 3.10. The van der Waals surface area contributed by atoms with Crippen LogP contribution < -0.4 is 0 Å². The summed E-state index contributed by atoms with van der Waals surface area (Å²) in [6, 6.07) is 6.31. The summed E-state index contributed by atoms with van der Waals surface area (Å²) in [4.78, 5) is 4.68. The molecule has 17 heavy (non-hydrogen) atoms. The van der Waals surface area contributed by atoms with E-state index in [4.69, 9.17) is 0 Å². The third-order valence-corrected chi connectivity index (χ3v) is 2.84. The monoisotopic (exact) mass is 223 g/mol. The molecule has 0 bridgehead atoms. The zero-order chi connectivity index (χ0) is 12.4. The van der Waals surface area contributed by atoms with Gasteiger partial charge in [-0.05, 0) is 49.6 Å². The van der Waals surface area contributed by atoms with Crippen molar-refractivity contribution in [3.63, 3.8) is 0 Å². The first-order chi connectivity index (χ1) is 8.06. The zero-order valence-electron chi connectivity index (χ0n) is 10.6. The number of aryl methyl sites for hydroxylation is 2. The molecule has 0 fully saturated rings. The smallest absolute Gasteiger partial charge is 0.0703 e. The highest BCUT2D eigenvalue weighted by molar-refractivity contribution is 6.12. The highest BCUT2D eigenvalue weighted by atomic mass is 14.7. The van der Waals surface area contributed by atoms with E-state index in [0.717, 1.165) is 17.0 Å².